The van der Waals surface area contributed by atoms with Gasteiger partial charge in [-0.05, 0) is 20.8 Å². The first-order valence-electron chi connectivity index (χ1n) is 6.18. The van der Waals surface area contributed by atoms with Crippen molar-refractivity contribution in [1.29, 1.82) is 0 Å². The number of ether oxygens (including phenoxy) is 2. The molecule has 1 aliphatic rings. The van der Waals surface area contributed by atoms with Gasteiger partial charge in [0, 0.05) is 12.8 Å². The minimum Gasteiger partial charge on any atom is -0.469 e. The van der Waals surface area contributed by atoms with Gasteiger partial charge in [0.15, 0.2) is 0 Å². The van der Waals surface area contributed by atoms with E-state index in [1.54, 1.807) is 20.8 Å². The first kappa shape index (κ1) is 13.6. The second-order valence-electron chi connectivity index (χ2n) is 5.62. The normalized spacial score (nSPS) is 18.0. The molecule has 0 amide bonds. The van der Waals surface area contributed by atoms with Crippen LogP contribution < -0.4 is 0 Å². The molecule has 0 radical (unpaired) electrons. The highest BCUT2D eigenvalue weighted by Crippen LogP contribution is 2.27. The Morgan fingerprint density at radius 1 is 1.37 bits per heavy atom. The van der Waals surface area contributed by atoms with Crippen molar-refractivity contribution in [2.24, 2.45) is 5.92 Å². The average molecular weight is 266 g/mol. The zero-order chi connectivity index (χ0) is 14.2. The molecule has 0 aromatic carbocycles. The van der Waals surface area contributed by atoms with Crippen LogP contribution in [-0.4, -0.2) is 34.3 Å². The van der Waals surface area contributed by atoms with Crippen LogP contribution in [0.15, 0.2) is 6.33 Å². The van der Waals surface area contributed by atoms with Crippen molar-refractivity contribution < 1.29 is 19.1 Å². The van der Waals surface area contributed by atoms with Crippen LogP contribution in [0.4, 0.5) is 4.79 Å². The average Bonchev–Trinajstić information content (AvgIpc) is 2.83. The van der Waals surface area contributed by atoms with E-state index < -0.39 is 11.7 Å². The summed E-state index contributed by atoms with van der Waals surface area (Å²) in [4.78, 5) is 27.7. The third-order valence-corrected chi connectivity index (χ3v) is 2.96. The maximum absolute atomic E-state index is 12.0. The molecule has 1 aromatic rings. The van der Waals surface area contributed by atoms with Crippen molar-refractivity contribution in [1.82, 2.24) is 9.55 Å². The molecule has 0 N–H and O–H groups in total. The fraction of sp³-hybridized carbons (Fsp3) is 0.615. The van der Waals surface area contributed by atoms with Crippen molar-refractivity contribution in [2.45, 2.75) is 39.2 Å². The van der Waals surface area contributed by atoms with E-state index in [1.807, 2.05) is 0 Å². The van der Waals surface area contributed by atoms with Gasteiger partial charge in [-0.25, -0.2) is 14.3 Å². The van der Waals surface area contributed by atoms with Gasteiger partial charge >= 0.3 is 12.1 Å². The number of hydrogen-bond acceptors (Lipinski definition) is 5. The summed E-state index contributed by atoms with van der Waals surface area (Å²) in [7, 11) is 1.36. The van der Waals surface area contributed by atoms with Gasteiger partial charge in [-0.3, -0.25) is 4.79 Å². The summed E-state index contributed by atoms with van der Waals surface area (Å²) in [5.41, 5.74) is 0.945. The van der Waals surface area contributed by atoms with E-state index in [4.69, 9.17) is 9.47 Å². The molecule has 1 heterocycles. The number of nitrogens with zero attached hydrogens (tertiary/aromatic N) is 2. The van der Waals surface area contributed by atoms with Gasteiger partial charge in [-0.15, -0.1) is 0 Å². The van der Waals surface area contributed by atoms with E-state index in [-0.39, 0.29) is 11.9 Å². The van der Waals surface area contributed by atoms with E-state index >= 15 is 0 Å². The number of imidazole rings is 1. The highest BCUT2D eigenvalue weighted by molar-refractivity contribution is 5.76. The van der Waals surface area contributed by atoms with Gasteiger partial charge in [0.05, 0.1) is 24.4 Å². The Morgan fingerprint density at radius 3 is 2.63 bits per heavy atom. The molecule has 104 valence electrons. The molecule has 1 aromatic heterocycles. The van der Waals surface area contributed by atoms with Gasteiger partial charge in [-0.1, -0.05) is 0 Å². The molecule has 0 saturated heterocycles. The van der Waals surface area contributed by atoms with E-state index in [0.717, 1.165) is 11.4 Å². The quantitative estimate of drug-likeness (QED) is 0.721. The minimum absolute atomic E-state index is 0.252. The molecule has 2 rings (SSSR count). The maximum atomic E-state index is 12.0. The van der Waals surface area contributed by atoms with Crippen LogP contribution in [0.25, 0.3) is 0 Å². The summed E-state index contributed by atoms with van der Waals surface area (Å²) in [5, 5.41) is 0. The first-order valence-corrected chi connectivity index (χ1v) is 6.18. The number of carbonyl (C=O) groups excluding carboxylic acids is 2. The second-order valence-corrected chi connectivity index (χ2v) is 5.62. The van der Waals surface area contributed by atoms with Gasteiger partial charge in [0.25, 0.3) is 0 Å². The standard InChI is InChI=1S/C13H18N2O4/c1-13(2,3)19-12(17)15-7-14-9-5-8(6-10(9)15)11(16)18-4/h7-8H,5-6H2,1-4H3. The van der Waals surface area contributed by atoms with E-state index in [2.05, 4.69) is 4.98 Å². The summed E-state index contributed by atoms with van der Waals surface area (Å²) in [6.45, 7) is 5.41. The van der Waals surface area contributed by atoms with Gasteiger partial charge in [-0.2, -0.15) is 0 Å². The molecule has 1 aliphatic carbocycles. The maximum Gasteiger partial charge on any atom is 0.420 e. The number of esters is 1. The van der Waals surface area contributed by atoms with Crippen LogP contribution >= 0.6 is 0 Å². The van der Waals surface area contributed by atoms with Crippen LogP contribution in [0.1, 0.15) is 32.2 Å². The summed E-state index contributed by atoms with van der Waals surface area (Å²) in [6.07, 6.45) is 1.96. The number of carbonyl (C=O) groups is 2. The third kappa shape index (κ3) is 2.77. The van der Waals surface area contributed by atoms with Crippen LogP contribution in [0.2, 0.25) is 0 Å². The van der Waals surface area contributed by atoms with Crippen molar-refractivity contribution in [3.05, 3.63) is 17.7 Å². The van der Waals surface area contributed by atoms with Crippen LogP contribution in [0, 0.1) is 5.92 Å². The Hall–Kier alpha value is -1.85. The highest BCUT2D eigenvalue weighted by Gasteiger charge is 2.34. The lowest BCUT2D eigenvalue weighted by Gasteiger charge is -2.20. The van der Waals surface area contributed by atoms with Crippen LogP contribution in [0.5, 0.6) is 0 Å². The Kier molecular flexibility index (Phi) is 3.34. The highest BCUT2D eigenvalue weighted by atomic mass is 16.6. The lowest BCUT2D eigenvalue weighted by Crippen LogP contribution is -2.28. The molecule has 19 heavy (non-hydrogen) atoms. The Bertz CT molecular complexity index is 513. The molecule has 6 nitrogen and oxygen atoms in total. The van der Waals surface area contributed by atoms with Crippen molar-refractivity contribution in [2.75, 3.05) is 7.11 Å². The number of rotatable bonds is 1. The molecule has 1 unspecified atom stereocenters. The fourth-order valence-electron chi connectivity index (χ4n) is 2.14. The molecule has 0 saturated carbocycles. The number of aromatic nitrogens is 2. The minimum atomic E-state index is -0.561. The second kappa shape index (κ2) is 4.68. The Balaban J connectivity index is 2.16. The predicted molar refractivity (Wildman–Crippen MR) is 66.8 cm³/mol. The topological polar surface area (TPSA) is 70.4 Å². The SMILES string of the molecule is COC(=O)C1Cc2ncn(C(=O)OC(C)(C)C)c2C1. The zero-order valence-electron chi connectivity index (χ0n) is 11.6. The van der Waals surface area contributed by atoms with Crippen LogP contribution in [0.3, 0.4) is 0 Å². The lowest BCUT2D eigenvalue weighted by atomic mass is 10.1. The molecule has 0 fully saturated rings. The van der Waals surface area contributed by atoms with E-state index in [1.165, 1.54) is 18.0 Å². The van der Waals surface area contributed by atoms with Gasteiger partial charge in [0.1, 0.15) is 11.9 Å². The largest absolute Gasteiger partial charge is 0.469 e. The molecule has 0 aliphatic heterocycles. The van der Waals surface area contributed by atoms with Crippen molar-refractivity contribution in [3.63, 3.8) is 0 Å². The molecular formula is C13H18N2O4. The predicted octanol–water partition coefficient (Wildman–Crippen LogP) is 1.55. The van der Waals surface area contributed by atoms with Crippen molar-refractivity contribution in [3.8, 4) is 0 Å². The molecule has 0 bridgehead atoms. The summed E-state index contributed by atoms with van der Waals surface area (Å²) in [6, 6.07) is 0. The molecule has 0 spiro atoms. The molecular weight excluding hydrogens is 248 g/mol. The molecule has 6 heteroatoms. The first-order chi connectivity index (χ1) is 8.81. The van der Waals surface area contributed by atoms with E-state index in [9.17, 15) is 9.59 Å². The smallest absolute Gasteiger partial charge is 0.420 e. The van der Waals surface area contributed by atoms with Gasteiger partial charge in [0.2, 0.25) is 0 Å². The zero-order valence-corrected chi connectivity index (χ0v) is 11.6. The van der Waals surface area contributed by atoms with Gasteiger partial charge < -0.3 is 9.47 Å². The Morgan fingerprint density at radius 2 is 2.05 bits per heavy atom. The fourth-order valence-corrected chi connectivity index (χ4v) is 2.14. The van der Waals surface area contributed by atoms with Crippen molar-refractivity contribution >= 4 is 12.1 Å². The molecule has 1 atom stereocenters. The number of fused-ring (bicyclic) bond motifs is 1. The lowest BCUT2D eigenvalue weighted by molar-refractivity contribution is -0.145. The Labute approximate surface area is 111 Å². The number of hydrogen-bond donors (Lipinski definition) is 0. The summed E-state index contributed by atoms with van der Waals surface area (Å²) in [5.74, 6) is -0.522. The number of methoxy groups -OCH3 is 1. The monoisotopic (exact) mass is 266 g/mol. The van der Waals surface area contributed by atoms with Crippen LogP contribution in [-0.2, 0) is 27.1 Å². The summed E-state index contributed by atoms with van der Waals surface area (Å²) < 4.78 is 11.4. The summed E-state index contributed by atoms with van der Waals surface area (Å²) >= 11 is 0. The van der Waals surface area contributed by atoms with E-state index in [0.29, 0.717) is 12.8 Å². The third-order valence-electron chi connectivity index (χ3n) is 2.96.